The number of primary sulfonamides is 1. The highest BCUT2D eigenvalue weighted by molar-refractivity contribution is 7.89. The number of hydrogen-bond acceptors (Lipinski definition) is 4. The molecule has 0 radical (unpaired) electrons. The van der Waals surface area contributed by atoms with Crippen molar-refractivity contribution in [3.63, 3.8) is 0 Å². The van der Waals surface area contributed by atoms with Crippen LogP contribution in [-0.2, 0) is 27.7 Å². The average molecular weight is 428 g/mol. The molecule has 1 aliphatic rings. The van der Waals surface area contributed by atoms with Crippen LogP contribution >= 0.6 is 0 Å². The number of aromatic nitrogens is 1. The summed E-state index contributed by atoms with van der Waals surface area (Å²) in [5.74, 6) is -0.149. The number of anilines is 1. The van der Waals surface area contributed by atoms with Crippen molar-refractivity contribution < 1.29 is 17.9 Å². The van der Waals surface area contributed by atoms with Gasteiger partial charge in [0.1, 0.15) is 0 Å². The highest BCUT2D eigenvalue weighted by Gasteiger charge is 2.27. The van der Waals surface area contributed by atoms with Gasteiger partial charge in [-0.25, -0.2) is 13.6 Å². The van der Waals surface area contributed by atoms with Crippen LogP contribution in [0.1, 0.15) is 27.2 Å². The van der Waals surface area contributed by atoms with E-state index in [1.165, 1.54) is 12.1 Å². The Morgan fingerprint density at radius 3 is 2.63 bits per heavy atom. The Bertz CT molecular complexity index is 1260. The van der Waals surface area contributed by atoms with Crippen molar-refractivity contribution in [1.82, 2.24) is 4.57 Å². The van der Waals surface area contributed by atoms with Crippen LogP contribution in [0.4, 0.5) is 5.69 Å². The molecule has 1 aliphatic heterocycles. The SMILES string of the molecule is COCCn1c(C)c(C)c2cc(C(=O)N3CCc4ccc(S(N)(=O)=O)cc43)ccc21. The molecule has 2 N–H and O–H groups in total. The largest absolute Gasteiger partial charge is 0.383 e. The van der Waals surface area contributed by atoms with E-state index < -0.39 is 10.0 Å². The number of rotatable bonds is 5. The van der Waals surface area contributed by atoms with Crippen molar-refractivity contribution in [3.05, 3.63) is 58.8 Å². The Labute approximate surface area is 176 Å². The van der Waals surface area contributed by atoms with Crippen molar-refractivity contribution in [3.8, 4) is 0 Å². The van der Waals surface area contributed by atoms with Crippen molar-refractivity contribution >= 4 is 32.5 Å². The quantitative estimate of drug-likeness (QED) is 0.677. The van der Waals surface area contributed by atoms with Gasteiger partial charge in [0.05, 0.1) is 11.5 Å². The number of carbonyl (C=O) groups is 1. The number of benzene rings is 2. The van der Waals surface area contributed by atoms with E-state index in [1.807, 2.05) is 18.2 Å². The van der Waals surface area contributed by atoms with Gasteiger partial charge < -0.3 is 14.2 Å². The monoisotopic (exact) mass is 427 g/mol. The fourth-order valence-corrected chi connectivity index (χ4v) is 4.69. The van der Waals surface area contributed by atoms with Gasteiger partial charge in [-0.05, 0) is 61.7 Å². The van der Waals surface area contributed by atoms with Crippen LogP contribution in [0.15, 0.2) is 41.3 Å². The van der Waals surface area contributed by atoms with Crippen LogP contribution in [0.25, 0.3) is 10.9 Å². The van der Waals surface area contributed by atoms with Crippen LogP contribution in [0.2, 0.25) is 0 Å². The van der Waals surface area contributed by atoms with Crippen LogP contribution in [0.3, 0.4) is 0 Å². The summed E-state index contributed by atoms with van der Waals surface area (Å²) in [6, 6.07) is 10.4. The first-order valence-corrected chi connectivity index (χ1v) is 11.3. The second-order valence-electron chi connectivity index (χ2n) is 7.63. The average Bonchev–Trinajstić information content (AvgIpc) is 3.24. The molecular formula is C22H25N3O4S. The molecule has 0 saturated carbocycles. The maximum absolute atomic E-state index is 13.3. The lowest BCUT2D eigenvalue weighted by Crippen LogP contribution is -2.29. The van der Waals surface area contributed by atoms with Gasteiger partial charge in [-0.2, -0.15) is 0 Å². The second-order valence-corrected chi connectivity index (χ2v) is 9.19. The molecule has 1 aromatic heterocycles. The standard InChI is InChI=1S/C22H25N3O4S/c1-14-15(2)24(10-11-29-3)20-7-5-17(12-19(14)20)22(26)25-9-8-16-4-6-18(13-21(16)25)30(23,27)28/h4-7,12-13H,8-11H2,1-3H3,(H2,23,27,28). The van der Waals surface area contributed by atoms with E-state index in [2.05, 4.69) is 18.4 Å². The zero-order valence-electron chi connectivity index (χ0n) is 17.3. The first-order chi connectivity index (χ1) is 14.2. The van der Waals surface area contributed by atoms with Gasteiger partial charge in [0.15, 0.2) is 0 Å². The van der Waals surface area contributed by atoms with Crippen LogP contribution < -0.4 is 10.0 Å². The van der Waals surface area contributed by atoms with E-state index in [1.54, 1.807) is 18.1 Å². The highest BCUT2D eigenvalue weighted by atomic mass is 32.2. The van der Waals surface area contributed by atoms with Crippen LogP contribution in [-0.4, -0.2) is 39.2 Å². The molecule has 0 unspecified atom stereocenters. The lowest BCUT2D eigenvalue weighted by atomic mass is 10.1. The van der Waals surface area contributed by atoms with E-state index >= 15 is 0 Å². The van der Waals surface area contributed by atoms with Crippen molar-refractivity contribution in [2.24, 2.45) is 5.14 Å². The maximum atomic E-state index is 13.3. The molecule has 2 aromatic carbocycles. The summed E-state index contributed by atoms with van der Waals surface area (Å²) in [6.07, 6.45) is 0.680. The van der Waals surface area contributed by atoms with Gasteiger partial charge >= 0.3 is 0 Å². The molecule has 0 saturated heterocycles. The molecule has 8 heteroatoms. The third-order valence-electron chi connectivity index (χ3n) is 5.93. The molecule has 3 aromatic rings. The van der Waals surface area contributed by atoms with Crippen LogP contribution in [0.5, 0.6) is 0 Å². The minimum absolute atomic E-state index is 0.0121. The topological polar surface area (TPSA) is 94.6 Å². The second kappa shape index (κ2) is 7.54. The van der Waals surface area contributed by atoms with Crippen molar-refractivity contribution in [2.75, 3.05) is 25.2 Å². The predicted octanol–water partition coefficient (Wildman–Crippen LogP) is 2.75. The summed E-state index contributed by atoms with van der Waals surface area (Å²) in [6.45, 7) is 5.99. The van der Waals surface area contributed by atoms with Gasteiger partial charge in [0.2, 0.25) is 10.0 Å². The Morgan fingerprint density at radius 2 is 1.93 bits per heavy atom. The van der Waals surface area contributed by atoms with Gasteiger partial charge in [-0.1, -0.05) is 6.07 Å². The summed E-state index contributed by atoms with van der Waals surface area (Å²) in [5.41, 5.74) is 5.47. The third kappa shape index (κ3) is 3.40. The number of hydrogen-bond donors (Lipinski definition) is 1. The number of nitrogens with zero attached hydrogens (tertiary/aromatic N) is 2. The summed E-state index contributed by atoms with van der Waals surface area (Å²) >= 11 is 0. The van der Waals surface area contributed by atoms with E-state index in [-0.39, 0.29) is 10.8 Å². The Kier molecular flexibility index (Phi) is 5.17. The first kappa shape index (κ1) is 20.6. The number of sulfonamides is 1. The molecule has 0 atom stereocenters. The number of methoxy groups -OCH3 is 1. The fraction of sp³-hybridized carbons (Fsp3) is 0.318. The molecule has 4 rings (SSSR count). The molecule has 30 heavy (non-hydrogen) atoms. The molecule has 0 fully saturated rings. The lowest BCUT2D eigenvalue weighted by Gasteiger charge is -2.18. The summed E-state index contributed by atoms with van der Waals surface area (Å²) in [4.78, 5) is 15.0. The number of carbonyl (C=O) groups excluding carboxylic acids is 1. The first-order valence-electron chi connectivity index (χ1n) is 9.78. The molecule has 0 spiro atoms. The maximum Gasteiger partial charge on any atom is 0.258 e. The molecule has 2 heterocycles. The van der Waals surface area contributed by atoms with Gasteiger partial charge in [0, 0.05) is 48.0 Å². The minimum Gasteiger partial charge on any atom is -0.383 e. The number of nitrogens with two attached hydrogens (primary N) is 1. The molecular weight excluding hydrogens is 402 g/mol. The van der Waals surface area contributed by atoms with E-state index in [0.29, 0.717) is 30.8 Å². The molecule has 0 bridgehead atoms. The zero-order chi connectivity index (χ0) is 21.6. The number of ether oxygens (including phenoxy) is 1. The zero-order valence-corrected chi connectivity index (χ0v) is 18.1. The normalized spacial score (nSPS) is 13.8. The molecule has 1 amide bonds. The predicted molar refractivity (Wildman–Crippen MR) is 116 cm³/mol. The van der Waals surface area contributed by atoms with Gasteiger partial charge in [-0.3, -0.25) is 4.79 Å². The number of aryl methyl sites for hydroxylation is 1. The Hall–Kier alpha value is -2.68. The Morgan fingerprint density at radius 1 is 1.17 bits per heavy atom. The van der Waals surface area contributed by atoms with E-state index in [9.17, 15) is 13.2 Å². The molecule has 158 valence electrons. The van der Waals surface area contributed by atoms with Gasteiger partial charge in [0.25, 0.3) is 5.91 Å². The van der Waals surface area contributed by atoms with Crippen molar-refractivity contribution in [2.45, 2.75) is 31.7 Å². The molecule has 0 aliphatic carbocycles. The minimum atomic E-state index is -3.83. The summed E-state index contributed by atoms with van der Waals surface area (Å²) in [7, 11) is -2.15. The van der Waals surface area contributed by atoms with E-state index in [0.717, 1.165) is 34.3 Å². The fourth-order valence-electron chi connectivity index (χ4n) is 4.16. The van der Waals surface area contributed by atoms with E-state index in [4.69, 9.17) is 9.88 Å². The third-order valence-corrected chi connectivity index (χ3v) is 6.84. The smallest absolute Gasteiger partial charge is 0.258 e. The van der Waals surface area contributed by atoms with Crippen molar-refractivity contribution in [1.29, 1.82) is 0 Å². The summed E-state index contributed by atoms with van der Waals surface area (Å²) < 4.78 is 30.9. The van der Waals surface area contributed by atoms with Crippen LogP contribution in [0, 0.1) is 13.8 Å². The lowest BCUT2D eigenvalue weighted by molar-refractivity contribution is 0.0989. The Balaban J connectivity index is 1.73. The highest BCUT2D eigenvalue weighted by Crippen LogP contribution is 2.33. The summed E-state index contributed by atoms with van der Waals surface area (Å²) in [5, 5.41) is 6.31. The van der Waals surface area contributed by atoms with Gasteiger partial charge in [-0.15, -0.1) is 0 Å². The number of amides is 1. The number of fused-ring (bicyclic) bond motifs is 2. The molecule has 7 nitrogen and oxygen atoms in total.